The fraction of sp³-hybridized carbons (Fsp3) is 0.868. The summed E-state index contributed by atoms with van der Waals surface area (Å²) in [7, 11) is 1.62. The number of hydrogen-bond acceptors (Lipinski definition) is 5. The number of quaternary nitrogens is 1. The van der Waals surface area contributed by atoms with Crippen LogP contribution < -0.4 is 5.32 Å². The van der Waals surface area contributed by atoms with E-state index in [1.54, 1.807) is 0 Å². The zero-order valence-electron chi connectivity index (χ0n) is 41.6. The van der Waals surface area contributed by atoms with Crippen LogP contribution in [0.15, 0.2) is 36.5 Å². The van der Waals surface area contributed by atoms with E-state index < -0.39 is 20.0 Å². The van der Waals surface area contributed by atoms with Crippen LogP contribution in [0, 0.1) is 0 Å². The van der Waals surface area contributed by atoms with E-state index >= 15 is 0 Å². The first kappa shape index (κ1) is 60.7. The molecule has 9 heteroatoms. The van der Waals surface area contributed by atoms with Crippen molar-refractivity contribution < 1.29 is 32.9 Å². The van der Waals surface area contributed by atoms with Gasteiger partial charge in [-0.05, 0) is 51.4 Å². The maximum atomic E-state index is 12.9. The third kappa shape index (κ3) is 46.7. The highest BCUT2D eigenvalue weighted by Crippen LogP contribution is 2.43. The molecule has 3 atom stereocenters. The monoisotopic (exact) mass is 896 g/mol. The van der Waals surface area contributed by atoms with Gasteiger partial charge in [0.25, 0.3) is 0 Å². The van der Waals surface area contributed by atoms with Gasteiger partial charge in [-0.15, -0.1) is 0 Å². The van der Waals surface area contributed by atoms with Crippen molar-refractivity contribution in [3.05, 3.63) is 36.5 Å². The van der Waals surface area contributed by atoms with Gasteiger partial charge in [-0.1, -0.05) is 224 Å². The summed E-state index contributed by atoms with van der Waals surface area (Å²) in [4.78, 5) is 23.2. The van der Waals surface area contributed by atoms with E-state index in [0.29, 0.717) is 23.9 Å². The number of rotatable bonds is 48. The zero-order valence-corrected chi connectivity index (χ0v) is 42.5. The van der Waals surface area contributed by atoms with Crippen LogP contribution in [0.25, 0.3) is 0 Å². The van der Waals surface area contributed by atoms with Crippen LogP contribution >= 0.6 is 7.82 Å². The minimum absolute atomic E-state index is 0.0749. The van der Waals surface area contributed by atoms with Gasteiger partial charge in [-0.3, -0.25) is 13.8 Å². The quantitative estimate of drug-likeness (QED) is 0.0243. The van der Waals surface area contributed by atoms with Crippen molar-refractivity contribution in [2.24, 2.45) is 0 Å². The van der Waals surface area contributed by atoms with Gasteiger partial charge in [0.05, 0.1) is 39.9 Å². The molecule has 0 fully saturated rings. The molecule has 1 amide bonds. The molecule has 0 aliphatic rings. The van der Waals surface area contributed by atoms with E-state index in [-0.39, 0.29) is 19.1 Å². The van der Waals surface area contributed by atoms with Gasteiger partial charge in [0.15, 0.2) is 0 Å². The van der Waals surface area contributed by atoms with Crippen LogP contribution in [0.1, 0.15) is 245 Å². The molecule has 62 heavy (non-hydrogen) atoms. The lowest BCUT2D eigenvalue weighted by Gasteiger charge is -2.26. The molecule has 0 rings (SSSR count). The predicted octanol–water partition coefficient (Wildman–Crippen LogP) is 15.4. The van der Waals surface area contributed by atoms with Crippen molar-refractivity contribution in [3.8, 4) is 0 Å². The SMILES string of the molecule is CCCCCCC/C=C\C/C=C\C/C=C\CCCCCCCCCCCCCCCCC(=O)NC(COP(=O)(O)OCC[N+](C)(C)C)C(O)CCCCCCCCCCCCC. The first-order valence-corrected chi connectivity index (χ1v) is 27.8. The minimum Gasteiger partial charge on any atom is -0.391 e. The van der Waals surface area contributed by atoms with Crippen molar-refractivity contribution in [1.29, 1.82) is 0 Å². The highest BCUT2D eigenvalue weighted by molar-refractivity contribution is 7.47. The topological polar surface area (TPSA) is 105 Å². The molecule has 3 N–H and O–H groups in total. The first-order chi connectivity index (χ1) is 30.0. The molecule has 8 nitrogen and oxygen atoms in total. The minimum atomic E-state index is -4.31. The van der Waals surface area contributed by atoms with E-state index in [1.165, 1.54) is 167 Å². The number of nitrogens with zero attached hydrogens (tertiary/aromatic N) is 1. The summed E-state index contributed by atoms with van der Waals surface area (Å²) in [6.07, 6.45) is 56.2. The van der Waals surface area contributed by atoms with Gasteiger partial charge in [0.2, 0.25) is 5.91 Å². The van der Waals surface area contributed by atoms with Crippen LogP contribution in [0.2, 0.25) is 0 Å². The molecule has 0 aromatic carbocycles. The number of likely N-dealkylation sites (N-methyl/N-ethyl adjacent to an activating group) is 1. The van der Waals surface area contributed by atoms with Crippen molar-refractivity contribution in [2.75, 3.05) is 40.9 Å². The summed E-state index contributed by atoms with van der Waals surface area (Å²) >= 11 is 0. The van der Waals surface area contributed by atoms with Gasteiger partial charge in [-0.2, -0.15) is 0 Å². The summed E-state index contributed by atoms with van der Waals surface area (Å²) in [6, 6.07) is -0.759. The van der Waals surface area contributed by atoms with E-state index in [9.17, 15) is 19.4 Å². The molecule has 366 valence electrons. The molecule has 3 unspecified atom stereocenters. The van der Waals surface area contributed by atoms with Crippen molar-refractivity contribution >= 4 is 13.7 Å². The lowest BCUT2D eigenvalue weighted by molar-refractivity contribution is -0.870. The van der Waals surface area contributed by atoms with E-state index in [4.69, 9.17) is 9.05 Å². The van der Waals surface area contributed by atoms with Gasteiger partial charge in [-0.25, -0.2) is 4.57 Å². The summed E-state index contributed by atoms with van der Waals surface area (Å²) in [5, 5.41) is 14.0. The lowest BCUT2D eigenvalue weighted by Crippen LogP contribution is -2.46. The third-order valence-electron chi connectivity index (χ3n) is 11.9. The van der Waals surface area contributed by atoms with Gasteiger partial charge >= 0.3 is 7.82 Å². The fourth-order valence-corrected chi connectivity index (χ4v) is 8.44. The summed E-state index contributed by atoms with van der Waals surface area (Å²) in [5.74, 6) is -0.145. The number of allylic oxidation sites excluding steroid dienone is 6. The molecule has 0 aromatic rings. The number of amides is 1. The van der Waals surface area contributed by atoms with Crippen LogP contribution in [0.3, 0.4) is 0 Å². The van der Waals surface area contributed by atoms with Crippen LogP contribution in [0.4, 0.5) is 0 Å². The maximum absolute atomic E-state index is 12.9. The van der Waals surface area contributed by atoms with E-state index in [0.717, 1.165) is 51.4 Å². The van der Waals surface area contributed by atoms with Crippen LogP contribution in [0.5, 0.6) is 0 Å². The molecule has 0 aliphatic carbocycles. The Bertz CT molecular complexity index is 1110. The smallest absolute Gasteiger partial charge is 0.391 e. The van der Waals surface area contributed by atoms with Crippen molar-refractivity contribution in [1.82, 2.24) is 5.32 Å². The van der Waals surface area contributed by atoms with E-state index in [1.807, 2.05) is 21.1 Å². The number of aliphatic hydroxyl groups excluding tert-OH is 1. The second-order valence-corrected chi connectivity index (χ2v) is 20.7. The Hall–Kier alpha value is -1.28. The highest BCUT2D eigenvalue weighted by atomic mass is 31.2. The molecule has 0 spiro atoms. The third-order valence-corrected chi connectivity index (χ3v) is 12.9. The number of hydrogen-bond donors (Lipinski definition) is 3. The highest BCUT2D eigenvalue weighted by Gasteiger charge is 2.28. The average Bonchev–Trinajstić information content (AvgIpc) is 3.23. The normalized spacial score (nSPS) is 14.4. The maximum Gasteiger partial charge on any atom is 0.472 e. The molecular formula is C53H104N2O6P+. The summed E-state index contributed by atoms with van der Waals surface area (Å²) < 4.78 is 23.7. The number of nitrogens with one attached hydrogen (secondary N) is 1. The summed E-state index contributed by atoms with van der Waals surface area (Å²) in [6.45, 7) is 4.88. The largest absolute Gasteiger partial charge is 0.472 e. The fourth-order valence-electron chi connectivity index (χ4n) is 7.70. The second kappa shape index (κ2) is 44.9. The Labute approximate surface area is 385 Å². The molecule has 0 radical (unpaired) electrons. The average molecular weight is 896 g/mol. The number of carbonyl (C=O) groups excluding carboxylic acids is 1. The molecular weight excluding hydrogens is 792 g/mol. The van der Waals surface area contributed by atoms with Crippen LogP contribution in [-0.2, 0) is 18.4 Å². The van der Waals surface area contributed by atoms with Crippen LogP contribution in [-0.4, -0.2) is 73.4 Å². The number of phosphoric ester groups is 1. The van der Waals surface area contributed by atoms with Gasteiger partial charge in [0, 0.05) is 6.42 Å². The first-order valence-electron chi connectivity index (χ1n) is 26.4. The van der Waals surface area contributed by atoms with Crippen molar-refractivity contribution in [3.63, 3.8) is 0 Å². The molecule has 0 aromatic heterocycles. The number of carbonyl (C=O) groups is 1. The second-order valence-electron chi connectivity index (χ2n) is 19.3. The Morgan fingerprint density at radius 3 is 1.34 bits per heavy atom. The van der Waals surface area contributed by atoms with E-state index in [2.05, 4.69) is 55.6 Å². The number of aliphatic hydroxyl groups is 1. The molecule has 0 bridgehead atoms. The Balaban J connectivity index is 4.06. The van der Waals surface area contributed by atoms with Gasteiger partial charge < -0.3 is 19.8 Å². The standard InChI is InChI=1S/C53H103N2O6P/c1-6-8-10-12-14-16-18-19-20-21-22-23-24-25-26-27-28-29-30-31-32-33-34-35-37-39-41-43-45-47-53(57)54-51(50-61-62(58,59)60-49-48-55(3,4)5)52(56)46-44-42-40-38-36-17-15-13-11-9-7-2/h18-19,21-22,24-25,51-52,56H,6-17,20,23,26-50H2,1-5H3,(H-,54,57,58,59)/p+1/b19-18-,22-21-,25-24-. The Morgan fingerprint density at radius 2 is 0.919 bits per heavy atom. The number of unbranched alkanes of at least 4 members (excludes halogenated alkanes) is 29. The lowest BCUT2D eigenvalue weighted by atomic mass is 10.0. The Kier molecular flexibility index (Phi) is 44.0. The zero-order chi connectivity index (χ0) is 45.7. The molecule has 0 saturated heterocycles. The molecule has 0 aliphatic heterocycles. The predicted molar refractivity (Wildman–Crippen MR) is 268 cm³/mol. The Morgan fingerprint density at radius 1 is 0.548 bits per heavy atom. The molecule has 0 heterocycles. The molecule has 0 saturated carbocycles. The number of phosphoric acid groups is 1. The summed E-state index contributed by atoms with van der Waals surface area (Å²) in [5.41, 5.74) is 0. The van der Waals surface area contributed by atoms with Gasteiger partial charge in [0.1, 0.15) is 13.2 Å². The van der Waals surface area contributed by atoms with Crippen molar-refractivity contribution in [2.45, 2.75) is 257 Å².